The van der Waals surface area contributed by atoms with Crippen LogP contribution in [0.25, 0.3) is 0 Å². The van der Waals surface area contributed by atoms with Gasteiger partial charge in [0.05, 0.1) is 0 Å². The van der Waals surface area contributed by atoms with Crippen LogP contribution in [0.2, 0.25) is 0 Å². The van der Waals surface area contributed by atoms with Gasteiger partial charge in [-0.05, 0) is 41.1 Å². The molecule has 78 valence electrons. The third-order valence-electron chi connectivity index (χ3n) is 3.26. The summed E-state index contributed by atoms with van der Waals surface area (Å²) in [4.78, 5) is 0. The molecule has 0 aromatic carbocycles. The largest absolute Gasteiger partial charge is 0.310 e. The lowest BCUT2D eigenvalue weighted by molar-refractivity contribution is 0.279. The van der Waals surface area contributed by atoms with Crippen molar-refractivity contribution in [3.05, 3.63) is 22.4 Å². The van der Waals surface area contributed by atoms with Gasteiger partial charge in [0.25, 0.3) is 0 Å². The van der Waals surface area contributed by atoms with Crippen LogP contribution in [0.4, 0.5) is 0 Å². The smallest absolute Gasteiger partial charge is 0.0216 e. The van der Waals surface area contributed by atoms with Crippen LogP contribution in [-0.4, -0.2) is 6.04 Å². The van der Waals surface area contributed by atoms with Crippen LogP contribution >= 0.6 is 11.3 Å². The lowest BCUT2D eigenvalue weighted by atomic mass is 9.86. The Morgan fingerprint density at radius 1 is 1.43 bits per heavy atom. The summed E-state index contributed by atoms with van der Waals surface area (Å²) in [5, 5.41) is 8.07. The Balaban J connectivity index is 1.79. The predicted molar refractivity (Wildman–Crippen MR) is 62.6 cm³/mol. The van der Waals surface area contributed by atoms with Crippen molar-refractivity contribution < 1.29 is 0 Å². The van der Waals surface area contributed by atoms with E-state index < -0.39 is 0 Å². The molecule has 1 aliphatic rings. The molecule has 0 aliphatic heterocycles. The molecule has 1 fully saturated rings. The first-order valence-corrected chi connectivity index (χ1v) is 6.55. The standard InChI is InChI=1S/C12H19NS/c1-10-4-2-3-5-12(10)13-8-11-6-7-14-9-11/h6-7,9-10,12-13H,2-5,8H2,1H3/t10-,12+/m0/s1. The Labute approximate surface area is 90.5 Å². The van der Waals surface area contributed by atoms with Gasteiger partial charge in [-0.25, -0.2) is 0 Å². The summed E-state index contributed by atoms with van der Waals surface area (Å²) in [5.41, 5.74) is 1.44. The molecule has 0 spiro atoms. The van der Waals surface area contributed by atoms with Crippen LogP contribution in [-0.2, 0) is 6.54 Å². The van der Waals surface area contributed by atoms with Gasteiger partial charge in [-0.15, -0.1) is 0 Å². The third-order valence-corrected chi connectivity index (χ3v) is 3.99. The Kier molecular flexibility index (Phi) is 3.60. The van der Waals surface area contributed by atoms with Gasteiger partial charge < -0.3 is 5.32 Å². The van der Waals surface area contributed by atoms with Gasteiger partial charge >= 0.3 is 0 Å². The van der Waals surface area contributed by atoms with Crippen molar-refractivity contribution in [2.45, 2.75) is 45.2 Å². The van der Waals surface area contributed by atoms with Crippen LogP contribution < -0.4 is 5.32 Å². The van der Waals surface area contributed by atoms with Crippen LogP contribution in [0, 0.1) is 5.92 Å². The molecule has 0 amide bonds. The van der Waals surface area contributed by atoms with Crippen LogP contribution in [0.3, 0.4) is 0 Å². The van der Waals surface area contributed by atoms with Gasteiger partial charge in [-0.2, -0.15) is 11.3 Å². The van der Waals surface area contributed by atoms with Crippen molar-refractivity contribution in [1.82, 2.24) is 5.32 Å². The fourth-order valence-electron chi connectivity index (χ4n) is 2.26. The Morgan fingerprint density at radius 2 is 2.29 bits per heavy atom. The van der Waals surface area contributed by atoms with Gasteiger partial charge in [0.15, 0.2) is 0 Å². The summed E-state index contributed by atoms with van der Waals surface area (Å²) >= 11 is 1.79. The Hall–Kier alpha value is -0.340. The zero-order chi connectivity index (χ0) is 9.80. The lowest BCUT2D eigenvalue weighted by Gasteiger charge is -2.29. The number of hydrogen-bond acceptors (Lipinski definition) is 2. The van der Waals surface area contributed by atoms with Crippen molar-refractivity contribution in [3.8, 4) is 0 Å². The van der Waals surface area contributed by atoms with Gasteiger partial charge in [0.2, 0.25) is 0 Å². The fourth-order valence-corrected chi connectivity index (χ4v) is 2.93. The van der Waals surface area contributed by atoms with E-state index in [1.807, 2.05) is 0 Å². The molecule has 0 saturated heterocycles. The van der Waals surface area contributed by atoms with Gasteiger partial charge in [0, 0.05) is 12.6 Å². The molecule has 14 heavy (non-hydrogen) atoms. The fraction of sp³-hybridized carbons (Fsp3) is 0.667. The van der Waals surface area contributed by atoms with E-state index in [-0.39, 0.29) is 0 Å². The molecule has 1 saturated carbocycles. The van der Waals surface area contributed by atoms with Crippen molar-refractivity contribution in [3.63, 3.8) is 0 Å². The molecule has 0 unspecified atom stereocenters. The van der Waals surface area contributed by atoms with E-state index in [0.717, 1.165) is 18.5 Å². The summed E-state index contributed by atoms with van der Waals surface area (Å²) in [7, 11) is 0. The molecular weight excluding hydrogens is 190 g/mol. The van der Waals surface area contributed by atoms with E-state index in [0.29, 0.717) is 0 Å². The maximum atomic E-state index is 3.68. The van der Waals surface area contributed by atoms with E-state index in [2.05, 4.69) is 29.1 Å². The van der Waals surface area contributed by atoms with Gasteiger partial charge in [-0.1, -0.05) is 19.8 Å². The molecule has 2 rings (SSSR count). The van der Waals surface area contributed by atoms with Crippen LogP contribution in [0.15, 0.2) is 16.8 Å². The molecule has 1 aromatic rings. The topological polar surface area (TPSA) is 12.0 Å². The molecule has 0 bridgehead atoms. The highest BCUT2D eigenvalue weighted by Gasteiger charge is 2.20. The minimum absolute atomic E-state index is 0.753. The quantitative estimate of drug-likeness (QED) is 0.804. The van der Waals surface area contributed by atoms with E-state index >= 15 is 0 Å². The first-order valence-electron chi connectivity index (χ1n) is 5.61. The molecular formula is C12H19NS. The zero-order valence-electron chi connectivity index (χ0n) is 8.83. The second-order valence-electron chi connectivity index (χ2n) is 4.38. The average molecular weight is 209 g/mol. The highest BCUT2D eigenvalue weighted by atomic mass is 32.1. The summed E-state index contributed by atoms with van der Waals surface area (Å²) in [6.45, 7) is 3.43. The number of nitrogens with one attached hydrogen (secondary N) is 1. The first kappa shape index (κ1) is 10.2. The monoisotopic (exact) mass is 209 g/mol. The van der Waals surface area contributed by atoms with Crippen LogP contribution in [0.1, 0.15) is 38.2 Å². The minimum Gasteiger partial charge on any atom is -0.310 e. The highest BCUT2D eigenvalue weighted by molar-refractivity contribution is 7.07. The summed E-state index contributed by atoms with van der Waals surface area (Å²) in [6, 6.07) is 2.97. The Bertz CT molecular complexity index is 255. The number of rotatable bonds is 3. The molecule has 1 nitrogen and oxygen atoms in total. The second-order valence-corrected chi connectivity index (χ2v) is 5.16. The summed E-state index contributed by atoms with van der Waals surface area (Å²) < 4.78 is 0. The predicted octanol–water partition coefficient (Wildman–Crippen LogP) is 3.42. The summed E-state index contributed by atoms with van der Waals surface area (Å²) in [6.07, 6.45) is 5.61. The molecule has 1 aromatic heterocycles. The molecule has 0 radical (unpaired) electrons. The maximum absolute atomic E-state index is 3.68. The molecule has 2 heteroatoms. The van der Waals surface area contributed by atoms with Crippen molar-refractivity contribution in [1.29, 1.82) is 0 Å². The van der Waals surface area contributed by atoms with Crippen molar-refractivity contribution in [2.75, 3.05) is 0 Å². The lowest BCUT2D eigenvalue weighted by Crippen LogP contribution is -2.36. The van der Waals surface area contributed by atoms with E-state index in [9.17, 15) is 0 Å². The van der Waals surface area contributed by atoms with Crippen molar-refractivity contribution in [2.24, 2.45) is 5.92 Å². The minimum atomic E-state index is 0.753. The molecule has 2 atom stereocenters. The zero-order valence-corrected chi connectivity index (χ0v) is 9.65. The number of thiophene rings is 1. The number of hydrogen-bond donors (Lipinski definition) is 1. The van der Waals surface area contributed by atoms with E-state index in [4.69, 9.17) is 0 Å². The van der Waals surface area contributed by atoms with Gasteiger partial charge in [-0.3, -0.25) is 0 Å². The van der Waals surface area contributed by atoms with Gasteiger partial charge in [0.1, 0.15) is 0 Å². The summed E-state index contributed by atoms with van der Waals surface area (Å²) in [5.74, 6) is 0.863. The van der Waals surface area contributed by atoms with E-state index in [1.54, 1.807) is 11.3 Å². The second kappa shape index (κ2) is 4.94. The first-order chi connectivity index (χ1) is 6.86. The normalized spacial score (nSPS) is 27.8. The molecule has 1 heterocycles. The Morgan fingerprint density at radius 3 is 3.00 bits per heavy atom. The van der Waals surface area contributed by atoms with Crippen molar-refractivity contribution >= 4 is 11.3 Å². The highest BCUT2D eigenvalue weighted by Crippen LogP contribution is 2.24. The molecule has 1 aliphatic carbocycles. The van der Waals surface area contributed by atoms with E-state index in [1.165, 1.54) is 31.2 Å². The SMILES string of the molecule is C[C@H]1CCCC[C@H]1NCc1ccsc1. The maximum Gasteiger partial charge on any atom is 0.0216 e. The molecule has 1 N–H and O–H groups in total. The van der Waals surface area contributed by atoms with Crippen LogP contribution in [0.5, 0.6) is 0 Å². The average Bonchev–Trinajstić information content (AvgIpc) is 2.69. The third kappa shape index (κ3) is 2.58.